The van der Waals surface area contributed by atoms with Crippen molar-refractivity contribution in [2.75, 3.05) is 12.0 Å². The van der Waals surface area contributed by atoms with Gasteiger partial charge in [0.05, 0.1) is 12.1 Å². The Morgan fingerprint density at radius 3 is 2.04 bits per heavy atom. The van der Waals surface area contributed by atoms with E-state index in [2.05, 4.69) is 17.6 Å². The summed E-state index contributed by atoms with van der Waals surface area (Å²) in [4.78, 5) is 65.1. The first-order valence-corrected chi connectivity index (χ1v) is 19.2. The van der Waals surface area contributed by atoms with E-state index in [1.54, 1.807) is 36.6 Å². The summed E-state index contributed by atoms with van der Waals surface area (Å²) in [5.74, 6) is -4.29. The van der Waals surface area contributed by atoms with E-state index in [4.69, 9.17) is 5.73 Å². The molecule has 0 bridgehead atoms. The number of aliphatic hydroxyl groups excluding tert-OH is 1. The van der Waals surface area contributed by atoms with Gasteiger partial charge in [0.25, 0.3) is 0 Å². The molecule has 1 aromatic rings. The third-order valence-electron chi connectivity index (χ3n) is 8.87. The molecule has 0 aliphatic heterocycles. The molecule has 0 radical (unpaired) electrons. The minimum Gasteiger partial charge on any atom is -0.382 e. The lowest BCUT2D eigenvalue weighted by atomic mass is 9.87. The lowest BCUT2D eigenvalue weighted by molar-refractivity contribution is -0.213. The molecule has 5 N–H and O–H groups in total. The van der Waals surface area contributed by atoms with Gasteiger partial charge in [0.15, 0.2) is 11.9 Å². The molecule has 0 aromatic heterocycles. The molecule has 0 heterocycles. The van der Waals surface area contributed by atoms with Gasteiger partial charge in [0.1, 0.15) is 5.78 Å². The normalized spacial score (nSPS) is 14.7. The number of amides is 3. The summed E-state index contributed by atoms with van der Waals surface area (Å²) >= 11 is 1.38. The average molecular weight is 730 g/mol. The van der Waals surface area contributed by atoms with E-state index in [0.717, 1.165) is 31.2 Å². The summed E-state index contributed by atoms with van der Waals surface area (Å²) in [6, 6.07) is 6.02. The molecule has 3 amide bonds. The molecule has 1 rings (SSSR count). The molecule has 0 fully saturated rings. The maximum absolute atomic E-state index is 13.9. The number of primary amides is 1. The van der Waals surface area contributed by atoms with Gasteiger partial charge in [-0.1, -0.05) is 89.6 Å². The Labute approximate surface area is 299 Å². The van der Waals surface area contributed by atoms with Gasteiger partial charge < -0.3 is 21.5 Å². The van der Waals surface area contributed by atoms with Crippen molar-refractivity contribution < 1.29 is 42.3 Å². The van der Waals surface area contributed by atoms with Crippen LogP contribution in [0.5, 0.6) is 0 Å². The standard InChI is InChI=1S/C37H58F3N3O6S/c1-5-6-7-8-9-10-14-17-28(44)24-29(25(2)3)36(49)43-31(22-26-15-12-11-13-16-26)32(45)23-27(20-21-50-4)35(48)42-30(18-19-33(41)46)34(47)37(38,39)40/h11-13,15-16,25,27,29-31,34,47H,5-10,14,17-24H2,1-4H3,(H2,41,46)(H,42,48)(H,43,49)/t27-,29+,30?,31+,34?/m1/s1. The van der Waals surface area contributed by atoms with E-state index in [1.807, 2.05) is 13.8 Å². The highest BCUT2D eigenvalue weighted by Crippen LogP contribution is 2.26. The fourth-order valence-corrected chi connectivity index (χ4v) is 6.26. The molecule has 9 nitrogen and oxygen atoms in total. The predicted molar refractivity (Wildman–Crippen MR) is 191 cm³/mol. The van der Waals surface area contributed by atoms with E-state index in [9.17, 15) is 42.3 Å². The molecule has 0 aliphatic carbocycles. The molecule has 5 atom stereocenters. The highest BCUT2D eigenvalue weighted by atomic mass is 32.2. The summed E-state index contributed by atoms with van der Waals surface area (Å²) in [5.41, 5.74) is 5.85. The van der Waals surface area contributed by atoms with Crippen LogP contribution in [0.25, 0.3) is 0 Å². The third kappa shape index (κ3) is 18.3. The van der Waals surface area contributed by atoms with Crippen LogP contribution in [0.4, 0.5) is 13.2 Å². The largest absolute Gasteiger partial charge is 0.416 e. The summed E-state index contributed by atoms with van der Waals surface area (Å²) in [5, 5.41) is 15.0. The van der Waals surface area contributed by atoms with Crippen molar-refractivity contribution >= 4 is 41.0 Å². The number of rotatable bonds is 27. The van der Waals surface area contributed by atoms with Crippen LogP contribution < -0.4 is 16.4 Å². The summed E-state index contributed by atoms with van der Waals surface area (Å²) in [6.45, 7) is 5.84. The fraction of sp³-hybridized carbons (Fsp3) is 0.703. The quantitative estimate of drug-likeness (QED) is 0.0800. The molecule has 13 heteroatoms. The second-order valence-electron chi connectivity index (χ2n) is 13.5. The van der Waals surface area contributed by atoms with Crippen molar-refractivity contribution in [1.29, 1.82) is 0 Å². The van der Waals surface area contributed by atoms with Crippen LogP contribution in [0.2, 0.25) is 0 Å². The maximum Gasteiger partial charge on any atom is 0.416 e. The van der Waals surface area contributed by atoms with Crippen molar-refractivity contribution in [3.05, 3.63) is 35.9 Å². The summed E-state index contributed by atoms with van der Waals surface area (Å²) in [6.07, 6.45) is 0.442. The third-order valence-corrected chi connectivity index (χ3v) is 9.51. The van der Waals surface area contributed by atoms with E-state index in [0.29, 0.717) is 12.2 Å². The smallest absolute Gasteiger partial charge is 0.382 e. The summed E-state index contributed by atoms with van der Waals surface area (Å²) < 4.78 is 40.3. The van der Waals surface area contributed by atoms with Gasteiger partial charge in [-0.25, -0.2) is 0 Å². The van der Waals surface area contributed by atoms with Crippen LogP contribution in [-0.2, 0) is 30.4 Å². The summed E-state index contributed by atoms with van der Waals surface area (Å²) in [7, 11) is 0. The highest BCUT2D eigenvalue weighted by molar-refractivity contribution is 7.98. The average Bonchev–Trinajstić information content (AvgIpc) is 3.05. The molecule has 0 aliphatic rings. The van der Waals surface area contributed by atoms with Crippen molar-refractivity contribution in [3.8, 4) is 0 Å². The van der Waals surface area contributed by atoms with Gasteiger partial charge >= 0.3 is 6.18 Å². The monoisotopic (exact) mass is 729 g/mol. The molecule has 0 saturated carbocycles. The number of nitrogens with one attached hydrogen (secondary N) is 2. The number of hydrogen-bond donors (Lipinski definition) is 4. The Bertz CT molecular complexity index is 1180. The second kappa shape index (κ2) is 24.3. The zero-order valence-electron chi connectivity index (χ0n) is 30.1. The van der Waals surface area contributed by atoms with Gasteiger partial charge in [-0.05, 0) is 49.2 Å². The van der Waals surface area contributed by atoms with Crippen molar-refractivity contribution in [2.45, 2.75) is 135 Å². The predicted octanol–water partition coefficient (Wildman–Crippen LogP) is 6.09. The Morgan fingerprint density at radius 1 is 0.860 bits per heavy atom. The number of halogens is 3. The Hall–Kier alpha value is -2.93. The fourth-order valence-electron chi connectivity index (χ4n) is 5.74. The van der Waals surface area contributed by atoms with Crippen LogP contribution >= 0.6 is 11.8 Å². The van der Waals surface area contributed by atoms with Gasteiger partial charge in [0.2, 0.25) is 17.7 Å². The Balaban J connectivity index is 3.14. The SMILES string of the molecule is CCCCCCCCCC(=O)C[C@H](C(=O)N[C@@H](Cc1ccccc1)C(=O)C[C@@H](CCSC)C(=O)NC(CCC(N)=O)C(O)C(F)(F)F)C(C)C. The Morgan fingerprint density at radius 2 is 1.48 bits per heavy atom. The van der Waals surface area contributed by atoms with Crippen LogP contribution in [0.15, 0.2) is 30.3 Å². The minimum atomic E-state index is -5.08. The number of alkyl halides is 3. The number of ketones is 2. The van der Waals surface area contributed by atoms with Crippen molar-refractivity contribution in [2.24, 2.45) is 23.5 Å². The first kappa shape index (κ1) is 45.1. The molecule has 284 valence electrons. The number of thioether (sulfide) groups is 1. The topological polar surface area (TPSA) is 156 Å². The minimum absolute atomic E-state index is 0.0147. The molecular weight excluding hydrogens is 671 g/mol. The number of Topliss-reactive ketones (excluding diaryl/α,β-unsaturated/α-hetero) is 2. The van der Waals surface area contributed by atoms with E-state index >= 15 is 0 Å². The molecule has 1 aromatic carbocycles. The number of benzene rings is 1. The second-order valence-corrected chi connectivity index (χ2v) is 14.5. The van der Waals surface area contributed by atoms with Gasteiger partial charge in [0, 0.05) is 37.5 Å². The van der Waals surface area contributed by atoms with Gasteiger partial charge in [-0.2, -0.15) is 24.9 Å². The van der Waals surface area contributed by atoms with Gasteiger partial charge in [-0.3, -0.25) is 24.0 Å². The zero-order chi connectivity index (χ0) is 37.7. The molecule has 0 spiro atoms. The number of aliphatic hydroxyl groups is 1. The number of carbonyl (C=O) groups excluding carboxylic acids is 5. The molecule has 2 unspecified atom stereocenters. The first-order chi connectivity index (χ1) is 23.6. The lowest BCUT2D eigenvalue weighted by Crippen LogP contribution is -2.52. The zero-order valence-corrected chi connectivity index (χ0v) is 30.9. The van der Waals surface area contributed by atoms with Gasteiger partial charge in [-0.15, -0.1) is 0 Å². The van der Waals surface area contributed by atoms with Crippen LogP contribution in [0.1, 0.15) is 110 Å². The van der Waals surface area contributed by atoms with E-state index in [1.165, 1.54) is 31.0 Å². The molecular formula is C37H58F3N3O6S. The molecule has 50 heavy (non-hydrogen) atoms. The molecule has 0 saturated heterocycles. The van der Waals surface area contributed by atoms with Crippen LogP contribution in [0.3, 0.4) is 0 Å². The number of unbranched alkanes of at least 4 members (excludes halogenated alkanes) is 6. The number of hydrogen-bond acceptors (Lipinski definition) is 7. The maximum atomic E-state index is 13.9. The Kier molecular flexibility index (Phi) is 21.9. The number of carbonyl (C=O) groups is 5. The lowest BCUT2D eigenvalue weighted by Gasteiger charge is -2.28. The van der Waals surface area contributed by atoms with Crippen LogP contribution in [-0.4, -0.2) is 70.8 Å². The van der Waals surface area contributed by atoms with E-state index < -0.39 is 79.0 Å². The highest BCUT2D eigenvalue weighted by Gasteiger charge is 2.44. The van der Waals surface area contributed by atoms with Crippen LogP contribution in [0, 0.1) is 17.8 Å². The first-order valence-electron chi connectivity index (χ1n) is 17.8. The van der Waals surface area contributed by atoms with Crippen molar-refractivity contribution in [3.63, 3.8) is 0 Å². The number of nitrogens with two attached hydrogens (primary N) is 1. The van der Waals surface area contributed by atoms with E-state index in [-0.39, 0.29) is 31.0 Å². The van der Waals surface area contributed by atoms with Crippen molar-refractivity contribution in [1.82, 2.24) is 10.6 Å².